The van der Waals surface area contributed by atoms with E-state index < -0.39 is 5.82 Å². The molecule has 2 heterocycles. The van der Waals surface area contributed by atoms with Crippen molar-refractivity contribution in [1.29, 1.82) is 0 Å². The maximum Gasteiger partial charge on any atom is 0.257 e. The van der Waals surface area contributed by atoms with Gasteiger partial charge in [-0.15, -0.1) is 5.10 Å². The van der Waals surface area contributed by atoms with E-state index in [-0.39, 0.29) is 11.6 Å². The molecule has 4 aromatic rings. The highest BCUT2D eigenvalue weighted by molar-refractivity contribution is 7.10. The SMILES string of the molecule is Cc1c(-c2nsc(NC(=O)c3ccc(Cl)cc3)n2)nnn1-c1ccccc1F. The molecule has 0 fully saturated rings. The Bertz CT molecular complexity index is 1160. The molecule has 1 N–H and O–H groups in total. The van der Waals surface area contributed by atoms with Gasteiger partial charge in [-0.05, 0) is 43.3 Å². The summed E-state index contributed by atoms with van der Waals surface area (Å²) in [7, 11) is 0. The number of carbonyl (C=O) groups excluding carboxylic acids is 1. The Morgan fingerprint density at radius 2 is 1.93 bits per heavy atom. The van der Waals surface area contributed by atoms with Crippen LogP contribution in [0.25, 0.3) is 17.2 Å². The van der Waals surface area contributed by atoms with Gasteiger partial charge in [-0.2, -0.15) is 9.36 Å². The molecule has 140 valence electrons. The zero-order valence-corrected chi connectivity index (χ0v) is 16.0. The van der Waals surface area contributed by atoms with Gasteiger partial charge in [0.1, 0.15) is 11.5 Å². The number of hydrogen-bond donors (Lipinski definition) is 1. The van der Waals surface area contributed by atoms with Crippen molar-refractivity contribution >= 4 is 34.2 Å². The van der Waals surface area contributed by atoms with Crippen molar-refractivity contribution in [2.45, 2.75) is 6.92 Å². The predicted molar refractivity (Wildman–Crippen MR) is 104 cm³/mol. The van der Waals surface area contributed by atoms with Crippen LogP contribution in [0.5, 0.6) is 0 Å². The molecule has 1 amide bonds. The number of anilines is 1. The third-order valence-corrected chi connectivity index (χ3v) is 4.82. The second kappa shape index (κ2) is 7.45. The highest BCUT2D eigenvalue weighted by Gasteiger charge is 2.19. The van der Waals surface area contributed by atoms with Crippen molar-refractivity contribution in [2.75, 3.05) is 5.32 Å². The number of nitrogens with one attached hydrogen (secondary N) is 1. The largest absolute Gasteiger partial charge is 0.297 e. The normalized spacial score (nSPS) is 10.8. The molecule has 0 saturated heterocycles. The highest BCUT2D eigenvalue weighted by atomic mass is 35.5. The molecule has 2 aromatic heterocycles. The van der Waals surface area contributed by atoms with Crippen LogP contribution in [0.2, 0.25) is 5.02 Å². The molecular formula is C18H12ClFN6OS. The average Bonchev–Trinajstić information content (AvgIpc) is 3.29. The monoisotopic (exact) mass is 414 g/mol. The van der Waals surface area contributed by atoms with Crippen LogP contribution in [0, 0.1) is 12.7 Å². The van der Waals surface area contributed by atoms with Gasteiger partial charge in [-0.1, -0.05) is 28.9 Å². The Balaban J connectivity index is 1.57. The van der Waals surface area contributed by atoms with E-state index in [9.17, 15) is 9.18 Å². The number of rotatable bonds is 4. The smallest absolute Gasteiger partial charge is 0.257 e. The Morgan fingerprint density at radius 1 is 1.18 bits per heavy atom. The predicted octanol–water partition coefficient (Wildman–Crippen LogP) is 4.14. The van der Waals surface area contributed by atoms with Gasteiger partial charge in [0, 0.05) is 22.1 Å². The zero-order chi connectivity index (χ0) is 19.7. The summed E-state index contributed by atoms with van der Waals surface area (Å²) in [5.74, 6) is -0.438. The number of benzene rings is 2. The first-order valence-corrected chi connectivity index (χ1v) is 9.26. The van der Waals surface area contributed by atoms with Gasteiger partial charge < -0.3 is 0 Å². The van der Waals surface area contributed by atoms with Crippen LogP contribution < -0.4 is 5.32 Å². The van der Waals surface area contributed by atoms with E-state index in [4.69, 9.17) is 11.6 Å². The van der Waals surface area contributed by atoms with E-state index in [1.165, 1.54) is 10.7 Å². The lowest BCUT2D eigenvalue weighted by Gasteiger charge is -2.03. The number of para-hydroxylation sites is 1. The molecule has 0 radical (unpaired) electrons. The van der Waals surface area contributed by atoms with Crippen molar-refractivity contribution in [3.05, 3.63) is 70.6 Å². The number of amides is 1. The van der Waals surface area contributed by atoms with Crippen LogP contribution in [0.1, 0.15) is 16.1 Å². The number of nitrogens with zero attached hydrogens (tertiary/aromatic N) is 5. The molecule has 7 nitrogen and oxygen atoms in total. The average molecular weight is 415 g/mol. The molecule has 0 aliphatic carbocycles. The number of halogens is 2. The first-order chi connectivity index (χ1) is 13.5. The van der Waals surface area contributed by atoms with E-state index >= 15 is 0 Å². The van der Waals surface area contributed by atoms with E-state index in [1.807, 2.05) is 0 Å². The third-order valence-electron chi connectivity index (χ3n) is 3.94. The van der Waals surface area contributed by atoms with Crippen LogP contribution in [-0.4, -0.2) is 30.3 Å². The second-order valence-corrected chi connectivity index (χ2v) is 6.96. The topological polar surface area (TPSA) is 85.6 Å². The summed E-state index contributed by atoms with van der Waals surface area (Å²) in [6, 6.07) is 12.8. The standard InChI is InChI=1S/C18H12ClFN6OS/c1-10-15(23-25-26(10)14-5-3-2-4-13(14)20)16-21-18(28-24-16)22-17(27)11-6-8-12(19)9-7-11/h2-9H,1H3,(H,21,22,24,27). The second-order valence-electron chi connectivity index (χ2n) is 5.77. The van der Waals surface area contributed by atoms with Crippen molar-refractivity contribution in [2.24, 2.45) is 0 Å². The van der Waals surface area contributed by atoms with Gasteiger partial charge in [-0.3, -0.25) is 10.1 Å². The molecule has 0 aliphatic heterocycles. The lowest BCUT2D eigenvalue weighted by molar-refractivity contribution is 0.102. The van der Waals surface area contributed by atoms with Crippen molar-refractivity contribution in [3.63, 3.8) is 0 Å². The summed E-state index contributed by atoms with van der Waals surface area (Å²) in [6.07, 6.45) is 0. The molecule has 4 rings (SSSR count). The van der Waals surface area contributed by atoms with E-state index in [0.717, 1.165) is 11.5 Å². The molecule has 0 spiro atoms. The van der Waals surface area contributed by atoms with Crippen LogP contribution in [0.3, 0.4) is 0 Å². The van der Waals surface area contributed by atoms with E-state index in [1.54, 1.807) is 49.4 Å². The number of hydrogen-bond acceptors (Lipinski definition) is 6. The molecule has 0 unspecified atom stereocenters. The minimum absolute atomic E-state index is 0.283. The zero-order valence-electron chi connectivity index (χ0n) is 14.4. The molecule has 0 bridgehead atoms. The summed E-state index contributed by atoms with van der Waals surface area (Å²) < 4.78 is 19.6. The minimum atomic E-state index is -0.413. The van der Waals surface area contributed by atoms with Gasteiger partial charge in [0.25, 0.3) is 5.91 Å². The fraction of sp³-hybridized carbons (Fsp3) is 0.0556. The maximum atomic E-state index is 14.0. The van der Waals surface area contributed by atoms with Crippen molar-refractivity contribution < 1.29 is 9.18 Å². The summed E-state index contributed by atoms with van der Waals surface area (Å²) in [5.41, 5.74) is 1.72. The van der Waals surface area contributed by atoms with Gasteiger partial charge >= 0.3 is 0 Å². The lowest BCUT2D eigenvalue weighted by atomic mass is 10.2. The Labute approximate surface area is 168 Å². The van der Waals surface area contributed by atoms with Gasteiger partial charge in [0.2, 0.25) is 5.13 Å². The third kappa shape index (κ3) is 3.49. The summed E-state index contributed by atoms with van der Waals surface area (Å²) in [5, 5.41) is 11.6. The molecule has 28 heavy (non-hydrogen) atoms. The Kier molecular flexibility index (Phi) is 4.84. The van der Waals surface area contributed by atoms with Crippen molar-refractivity contribution in [3.8, 4) is 17.2 Å². The first-order valence-electron chi connectivity index (χ1n) is 8.11. The molecule has 0 saturated carbocycles. The highest BCUT2D eigenvalue weighted by Crippen LogP contribution is 2.24. The quantitative estimate of drug-likeness (QED) is 0.542. The van der Waals surface area contributed by atoms with Gasteiger partial charge in [-0.25, -0.2) is 9.07 Å². The van der Waals surface area contributed by atoms with E-state index in [2.05, 4.69) is 25.0 Å². The fourth-order valence-electron chi connectivity index (χ4n) is 2.53. The van der Waals surface area contributed by atoms with Crippen LogP contribution in [0.15, 0.2) is 48.5 Å². The Hall–Kier alpha value is -3.17. The fourth-order valence-corrected chi connectivity index (χ4v) is 3.22. The molecule has 2 aromatic carbocycles. The summed E-state index contributed by atoms with van der Waals surface area (Å²) in [6.45, 7) is 1.74. The van der Waals surface area contributed by atoms with E-state index in [0.29, 0.717) is 32.9 Å². The van der Waals surface area contributed by atoms with Gasteiger partial charge in [0.15, 0.2) is 11.5 Å². The first kappa shape index (κ1) is 18.2. The Morgan fingerprint density at radius 3 is 2.68 bits per heavy atom. The molecular weight excluding hydrogens is 403 g/mol. The lowest BCUT2D eigenvalue weighted by Crippen LogP contribution is -2.11. The van der Waals surface area contributed by atoms with Gasteiger partial charge in [0.05, 0.1) is 5.69 Å². The van der Waals surface area contributed by atoms with Crippen LogP contribution in [0.4, 0.5) is 9.52 Å². The summed E-state index contributed by atoms with van der Waals surface area (Å²) >= 11 is 6.85. The molecule has 10 heteroatoms. The van der Waals surface area contributed by atoms with Crippen LogP contribution >= 0.6 is 23.1 Å². The van der Waals surface area contributed by atoms with Crippen molar-refractivity contribution in [1.82, 2.24) is 24.4 Å². The van der Waals surface area contributed by atoms with Crippen LogP contribution in [-0.2, 0) is 0 Å². The number of aromatic nitrogens is 5. The summed E-state index contributed by atoms with van der Waals surface area (Å²) in [4.78, 5) is 16.6. The molecule has 0 atom stereocenters. The molecule has 0 aliphatic rings. The number of carbonyl (C=O) groups is 1. The maximum absolute atomic E-state index is 14.0. The minimum Gasteiger partial charge on any atom is -0.297 e.